The topological polar surface area (TPSA) is 74.5 Å². The maximum atomic E-state index is 13.4. The van der Waals surface area contributed by atoms with E-state index in [1.165, 1.54) is 0 Å². The van der Waals surface area contributed by atoms with Crippen LogP contribution in [0.25, 0.3) is 0 Å². The molecule has 168 valence electrons. The Kier molecular flexibility index (Phi) is 6.37. The molecule has 2 aromatic heterocycles. The summed E-state index contributed by atoms with van der Waals surface area (Å²) in [6.45, 7) is 9.35. The minimum absolute atomic E-state index is 0.0665. The Morgan fingerprint density at radius 1 is 1.12 bits per heavy atom. The van der Waals surface area contributed by atoms with Crippen LogP contribution in [0, 0.1) is 0 Å². The fraction of sp³-hybridized carbons (Fsp3) is 0.375. The largest absolute Gasteiger partial charge is 0.467 e. The third-order valence-corrected chi connectivity index (χ3v) is 5.71. The number of halogens is 1. The number of carbonyl (C=O) groups excluding carboxylic acids is 1. The van der Waals surface area contributed by atoms with Crippen LogP contribution in [0.4, 0.5) is 11.5 Å². The van der Waals surface area contributed by atoms with E-state index in [2.05, 4.69) is 36.0 Å². The predicted octanol–water partition coefficient (Wildman–Crippen LogP) is 4.60. The molecule has 8 heteroatoms. The van der Waals surface area contributed by atoms with Crippen molar-refractivity contribution >= 4 is 29.0 Å². The van der Waals surface area contributed by atoms with Gasteiger partial charge in [-0.1, -0.05) is 32.4 Å². The molecule has 0 atom stereocenters. The van der Waals surface area contributed by atoms with Gasteiger partial charge in [-0.15, -0.1) is 0 Å². The molecule has 0 aliphatic carbocycles. The van der Waals surface area contributed by atoms with Crippen molar-refractivity contribution in [1.82, 2.24) is 14.9 Å². The Labute approximate surface area is 193 Å². The zero-order valence-electron chi connectivity index (χ0n) is 18.6. The van der Waals surface area contributed by atoms with Crippen LogP contribution in [0.5, 0.6) is 0 Å². The normalized spacial score (nSPS) is 14.5. The number of aromatic nitrogens is 2. The first-order chi connectivity index (χ1) is 15.3. The molecule has 1 aromatic carbocycles. The molecule has 1 N–H and O–H groups in total. The zero-order chi connectivity index (χ0) is 22.7. The van der Waals surface area contributed by atoms with Crippen LogP contribution in [0.2, 0.25) is 5.02 Å². The molecule has 7 nitrogen and oxygen atoms in total. The fourth-order valence-electron chi connectivity index (χ4n) is 3.61. The number of furan rings is 1. The third kappa shape index (κ3) is 5.05. The monoisotopic (exact) mass is 453 g/mol. The predicted molar refractivity (Wildman–Crippen MR) is 126 cm³/mol. The van der Waals surface area contributed by atoms with Gasteiger partial charge in [-0.2, -0.15) is 0 Å². The second-order valence-corrected chi connectivity index (χ2v) is 9.33. The van der Waals surface area contributed by atoms with Crippen molar-refractivity contribution in [1.29, 1.82) is 0 Å². The molecule has 1 aliphatic rings. The molecule has 0 radical (unpaired) electrons. The van der Waals surface area contributed by atoms with Crippen LogP contribution in [0.15, 0.2) is 53.3 Å². The lowest BCUT2D eigenvalue weighted by Crippen LogP contribution is -2.49. The molecule has 1 saturated heterocycles. The van der Waals surface area contributed by atoms with Gasteiger partial charge in [0, 0.05) is 48.5 Å². The van der Waals surface area contributed by atoms with Gasteiger partial charge in [0.15, 0.2) is 0 Å². The second kappa shape index (κ2) is 9.20. The van der Waals surface area contributed by atoms with Crippen LogP contribution in [-0.4, -0.2) is 47.0 Å². The first kappa shape index (κ1) is 22.1. The van der Waals surface area contributed by atoms with Gasteiger partial charge in [0.1, 0.15) is 23.0 Å². The third-order valence-electron chi connectivity index (χ3n) is 5.46. The quantitative estimate of drug-likeness (QED) is 0.608. The molecule has 0 bridgehead atoms. The van der Waals surface area contributed by atoms with Crippen LogP contribution in [0.3, 0.4) is 0 Å². The highest BCUT2D eigenvalue weighted by Crippen LogP contribution is 2.24. The molecule has 0 unspecified atom stereocenters. The maximum absolute atomic E-state index is 13.4. The summed E-state index contributed by atoms with van der Waals surface area (Å²) in [7, 11) is 0. The van der Waals surface area contributed by atoms with Crippen molar-refractivity contribution in [2.75, 3.05) is 36.4 Å². The summed E-state index contributed by atoms with van der Waals surface area (Å²) in [5.41, 5.74) is 1.36. The average Bonchev–Trinajstić information content (AvgIpc) is 3.31. The first-order valence-electron chi connectivity index (χ1n) is 10.7. The van der Waals surface area contributed by atoms with Crippen molar-refractivity contribution in [3.63, 3.8) is 0 Å². The van der Waals surface area contributed by atoms with E-state index in [9.17, 15) is 4.79 Å². The van der Waals surface area contributed by atoms with Crippen LogP contribution in [0.1, 0.15) is 42.7 Å². The number of rotatable bonds is 5. The minimum atomic E-state index is -0.229. The standard InChI is InChI=1S/C24H28ClN5O2/c1-24(2,3)23-27-16-20(21(28-23)26-15-19-5-4-14-32-19)22(31)30-12-10-29(11-13-30)18-8-6-17(25)7-9-18/h4-9,14,16H,10-13,15H2,1-3H3,(H,26,27,28). The number of anilines is 2. The van der Waals surface area contributed by atoms with E-state index < -0.39 is 0 Å². The summed E-state index contributed by atoms with van der Waals surface area (Å²) in [5, 5.41) is 3.99. The minimum Gasteiger partial charge on any atom is -0.467 e. The number of nitrogens with one attached hydrogen (secondary N) is 1. The van der Waals surface area contributed by atoms with E-state index >= 15 is 0 Å². The number of hydrogen-bond acceptors (Lipinski definition) is 6. The van der Waals surface area contributed by atoms with Gasteiger partial charge in [-0.25, -0.2) is 9.97 Å². The molecular formula is C24H28ClN5O2. The molecule has 4 rings (SSSR count). The van der Waals surface area contributed by atoms with Gasteiger partial charge in [0.25, 0.3) is 5.91 Å². The van der Waals surface area contributed by atoms with Crippen molar-refractivity contribution < 1.29 is 9.21 Å². The van der Waals surface area contributed by atoms with E-state index in [-0.39, 0.29) is 11.3 Å². The van der Waals surface area contributed by atoms with Gasteiger partial charge in [-0.05, 0) is 36.4 Å². The summed E-state index contributed by atoms with van der Waals surface area (Å²) in [6.07, 6.45) is 3.27. The van der Waals surface area contributed by atoms with Gasteiger partial charge < -0.3 is 19.5 Å². The van der Waals surface area contributed by atoms with E-state index in [0.717, 1.165) is 29.6 Å². The molecule has 3 heterocycles. The number of benzene rings is 1. The summed E-state index contributed by atoms with van der Waals surface area (Å²) < 4.78 is 5.42. The number of nitrogens with zero attached hydrogens (tertiary/aromatic N) is 4. The highest BCUT2D eigenvalue weighted by molar-refractivity contribution is 6.30. The van der Waals surface area contributed by atoms with E-state index in [1.807, 2.05) is 41.3 Å². The first-order valence-corrected chi connectivity index (χ1v) is 11.1. The molecule has 32 heavy (non-hydrogen) atoms. The lowest BCUT2D eigenvalue weighted by atomic mass is 9.95. The van der Waals surface area contributed by atoms with E-state index in [4.69, 9.17) is 21.0 Å². The summed E-state index contributed by atoms with van der Waals surface area (Å²) in [5.74, 6) is 1.93. The Bertz CT molecular complexity index is 1050. The molecule has 1 amide bonds. The summed E-state index contributed by atoms with van der Waals surface area (Å²) in [4.78, 5) is 26.7. The van der Waals surface area contributed by atoms with E-state index in [0.29, 0.717) is 36.8 Å². The molecular weight excluding hydrogens is 426 g/mol. The molecule has 0 saturated carbocycles. The average molecular weight is 454 g/mol. The molecule has 1 fully saturated rings. The maximum Gasteiger partial charge on any atom is 0.259 e. The van der Waals surface area contributed by atoms with Crippen LogP contribution >= 0.6 is 11.6 Å². The number of hydrogen-bond donors (Lipinski definition) is 1. The lowest BCUT2D eigenvalue weighted by molar-refractivity contribution is 0.0746. The molecule has 3 aromatic rings. The fourth-order valence-corrected chi connectivity index (χ4v) is 3.73. The van der Waals surface area contributed by atoms with E-state index in [1.54, 1.807) is 12.5 Å². The Hall–Kier alpha value is -3.06. The second-order valence-electron chi connectivity index (χ2n) is 8.89. The van der Waals surface area contributed by atoms with Crippen molar-refractivity contribution in [2.45, 2.75) is 32.7 Å². The zero-order valence-corrected chi connectivity index (χ0v) is 19.4. The smallest absolute Gasteiger partial charge is 0.259 e. The van der Waals surface area contributed by atoms with Gasteiger partial charge in [-0.3, -0.25) is 4.79 Å². The molecule has 0 spiro atoms. The van der Waals surface area contributed by atoms with Gasteiger partial charge in [0.05, 0.1) is 12.8 Å². The van der Waals surface area contributed by atoms with Crippen LogP contribution < -0.4 is 10.2 Å². The van der Waals surface area contributed by atoms with Gasteiger partial charge in [0.2, 0.25) is 0 Å². The van der Waals surface area contributed by atoms with Crippen LogP contribution in [-0.2, 0) is 12.0 Å². The number of amides is 1. The Balaban J connectivity index is 1.50. The highest BCUT2D eigenvalue weighted by atomic mass is 35.5. The summed E-state index contributed by atoms with van der Waals surface area (Å²) in [6, 6.07) is 11.5. The SMILES string of the molecule is CC(C)(C)c1ncc(C(=O)N2CCN(c3ccc(Cl)cc3)CC2)c(NCc2ccco2)n1. The van der Waals surface area contributed by atoms with Crippen molar-refractivity contribution in [3.05, 3.63) is 71.0 Å². The van der Waals surface area contributed by atoms with Crippen molar-refractivity contribution in [2.24, 2.45) is 0 Å². The number of piperazine rings is 1. The Morgan fingerprint density at radius 3 is 2.47 bits per heavy atom. The molecule has 1 aliphatic heterocycles. The summed E-state index contributed by atoms with van der Waals surface area (Å²) >= 11 is 6.00. The van der Waals surface area contributed by atoms with Gasteiger partial charge >= 0.3 is 0 Å². The lowest BCUT2D eigenvalue weighted by Gasteiger charge is -2.36. The highest BCUT2D eigenvalue weighted by Gasteiger charge is 2.27. The van der Waals surface area contributed by atoms with Crippen molar-refractivity contribution in [3.8, 4) is 0 Å². The number of carbonyl (C=O) groups is 1. The Morgan fingerprint density at radius 2 is 1.84 bits per heavy atom.